The normalized spacial score (nSPS) is 24.9. The second-order valence-corrected chi connectivity index (χ2v) is 3.82. The van der Waals surface area contributed by atoms with Gasteiger partial charge < -0.3 is 4.74 Å². The van der Waals surface area contributed by atoms with Crippen molar-refractivity contribution in [1.29, 1.82) is 0 Å². The highest BCUT2D eigenvalue weighted by Gasteiger charge is 2.33. The highest BCUT2D eigenvalue weighted by molar-refractivity contribution is 6.23. The van der Waals surface area contributed by atoms with Gasteiger partial charge in [-0.2, -0.15) is 0 Å². The molecule has 0 amide bonds. The molecule has 0 spiro atoms. The Labute approximate surface area is 67.7 Å². The van der Waals surface area contributed by atoms with E-state index in [1.807, 2.05) is 0 Å². The van der Waals surface area contributed by atoms with E-state index in [1.165, 1.54) is 0 Å². The number of alkyl halides is 1. The molecule has 1 aliphatic heterocycles. The van der Waals surface area contributed by atoms with E-state index in [9.17, 15) is 0 Å². The molecule has 1 saturated heterocycles. The molecule has 0 bridgehead atoms. The number of ether oxygens (including phenoxy) is 1. The number of hydrogen-bond donors (Lipinski definition) is 0. The maximum Gasteiger partial charge on any atom is 0.0826 e. The summed E-state index contributed by atoms with van der Waals surface area (Å²) in [7, 11) is 0. The van der Waals surface area contributed by atoms with Gasteiger partial charge in [-0.05, 0) is 19.3 Å². The van der Waals surface area contributed by atoms with Crippen LogP contribution >= 0.6 is 11.6 Å². The fourth-order valence-corrected chi connectivity index (χ4v) is 1.30. The van der Waals surface area contributed by atoms with Crippen LogP contribution in [0.25, 0.3) is 0 Å². The maximum atomic E-state index is 6.26. The molecule has 1 atom stereocenters. The van der Waals surface area contributed by atoms with Gasteiger partial charge in [0.15, 0.2) is 0 Å². The van der Waals surface area contributed by atoms with E-state index in [4.69, 9.17) is 16.3 Å². The van der Waals surface area contributed by atoms with Crippen molar-refractivity contribution in [2.45, 2.75) is 44.1 Å². The molecule has 0 aromatic heterocycles. The minimum atomic E-state index is 0.0150. The van der Waals surface area contributed by atoms with Gasteiger partial charge in [0.25, 0.3) is 0 Å². The van der Waals surface area contributed by atoms with E-state index in [0.717, 1.165) is 25.9 Å². The second-order valence-electron chi connectivity index (χ2n) is 3.02. The van der Waals surface area contributed by atoms with Crippen LogP contribution in [0.5, 0.6) is 0 Å². The molecule has 1 fully saturated rings. The van der Waals surface area contributed by atoms with Crippen LogP contribution in [-0.2, 0) is 4.74 Å². The molecule has 0 aromatic rings. The van der Waals surface area contributed by atoms with Crippen LogP contribution in [0.4, 0.5) is 0 Å². The lowest BCUT2D eigenvalue weighted by Crippen LogP contribution is -2.21. The number of epoxide rings is 1. The molecule has 1 nitrogen and oxygen atoms in total. The predicted molar refractivity (Wildman–Crippen MR) is 43.5 cm³/mol. The van der Waals surface area contributed by atoms with Gasteiger partial charge >= 0.3 is 0 Å². The maximum absolute atomic E-state index is 6.26. The zero-order valence-corrected chi connectivity index (χ0v) is 7.45. The first kappa shape index (κ1) is 8.35. The average Bonchev–Trinajstić information content (AvgIpc) is 2.72. The van der Waals surface area contributed by atoms with Crippen molar-refractivity contribution in [3.63, 3.8) is 0 Å². The third-order valence-electron chi connectivity index (χ3n) is 2.26. The van der Waals surface area contributed by atoms with Gasteiger partial charge in [-0.15, -0.1) is 11.6 Å². The zero-order valence-electron chi connectivity index (χ0n) is 6.69. The average molecular weight is 163 g/mol. The minimum absolute atomic E-state index is 0.0150. The monoisotopic (exact) mass is 162 g/mol. The van der Waals surface area contributed by atoms with E-state index >= 15 is 0 Å². The van der Waals surface area contributed by atoms with Gasteiger partial charge in [0, 0.05) is 4.87 Å². The first-order valence-corrected chi connectivity index (χ1v) is 4.38. The summed E-state index contributed by atoms with van der Waals surface area (Å²) >= 11 is 6.26. The van der Waals surface area contributed by atoms with Gasteiger partial charge in [0.2, 0.25) is 0 Å². The lowest BCUT2D eigenvalue weighted by molar-refractivity contribution is 0.357. The SMILES string of the molecule is CCC(Cl)(CC)CC1CO1. The zero-order chi connectivity index (χ0) is 7.61. The quantitative estimate of drug-likeness (QED) is 0.457. The summed E-state index contributed by atoms with van der Waals surface area (Å²) in [6.07, 6.45) is 3.59. The van der Waals surface area contributed by atoms with Crippen LogP contribution in [0, 0.1) is 0 Å². The Kier molecular flexibility index (Phi) is 2.59. The van der Waals surface area contributed by atoms with Crippen molar-refractivity contribution in [3.05, 3.63) is 0 Å². The van der Waals surface area contributed by atoms with Crippen LogP contribution in [0.1, 0.15) is 33.1 Å². The Morgan fingerprint density at radius 1 is 1.50 bits per heavy atom. The van der Waals surface area contributed by atoms with Crippen molar-refractivity contribution in [2.75, 3.05) is 6.61 Å². The van der Waals surface area contributed by atoms with E-state index in [-0.39, 0.29) is 4.87 Å². The summed E-state index contributed by atoms with van der Waals surface area (Å²) in [5, 5.41) is 0. The first-order valence-electron chi connectivity index (χ1n) is 4.00. The Balaban J connectivity index is 2.29. The van der Waals surface area contributed by atoms with Crippen LogP contribution in [-0.4, -0.2) is 17.6 Å². The van der Waals surface area contributed by atoms with Crippen molar-refractivity contribution in [2.24, 2.45) is 0 Å². The van der Waals surface area contributed by atoms with Gasteiger partial charge in [-0.3, -0.25) is 0 Å². The molecule has 1 heterocycles. The van der Waals surface area contributed by atoms with Crippen molar-refractivity contribution >= 4 is 11.6 Å². The summed E-state index contributed by atoms with van der Waals surface area (Å²) in [5.41, 5.74) is 0. The standard InChI is InChI=1S/C8H15ClO/c1-3-8(9,4-2)5-7-6-10-7/h7H,3-6H2,1-2H3. The Morgan fingerprint density at radius 2 is 2.00 bits per heavy atom. The fourth-order valence-electron chi connectivity index (χ4n) is 1.13. The molecule has 0 aliphatic carbocycles. The topological polar surface area (TPSA) is 12.5 Å². The summed E-state index contributed by atoms with van der Waals surface area (Å²) < 4.78 is 5.12. The molecule has 0 aromatic carbocycles. The molecule has 1 aliphatic rings. The predicted octanol–water partition coefficient (Wildman–Crippen LogP) is 2.57. The highest BCUT2D eigenvalue weighted by atomic mass is 35.5. The van der Waals surface area contributed by atoms with Gasteiger partial charge in [0.1, 0.15) is 0 Å². The van der Waals surface area contributed by atoms with Gasteiger partial charge in [0.05, 0.1) is 12.7 Å². The largest absolute Gasteiger partial charge is 0.373 e. The molecule has 60 valence electrons. The first-order chi connectivity index (χ1) is 4.70. The number of hydrogen-bond acceptors (Lipinski definition) is 1. The fraction of sp³-hybridized carbons (Fsp3) is 1.00. The van der Waals surface area contributed by atoms with E-state index in [0.29, 0.717) is 6.10 Å². The van der Waals surface area contributed by atoms with Gasteiger partial charge in [-0.1, -0.05) is 13.8 Å². The smallest absolute Gasteiger partial charge is 0.0826 e. The molecule has 0 saturated carbocycles. The van der Waals surface area contributed by atoms with E-state index in [1.54, 1.807) is 0 Å². The number of rotatable bonds is 4. The molecular weight excluding hydrogens is 148 g/mol. The van der Waals surface area contributed by atoms with Gasteiger partial charge in [-0.25, -0.2) is 0 Å². The Morgan fingerprint density at radius 3 is 2.30 bits per heavy atom. The molecule has 0 radical (unpaired) electrons. The highest BCUT2D eigenvalue weighted by Crippen LogP contribution is 2.33. The van der Waals surface area contributed by atoms with Crippen molar-refractivity contribution in [3.8, 4) is 0 Å². The molecule has 10 heavy (non-hydrogen) atoms. The summed E-state index contributed by atoms with van der Waals surface area (Å²) in [5.74, 6) is 0. The lowest BCUT2D eigenvalue weighted by atomic mass is 9.97. The Hall–Kier alpha value is 0.250. The molecule has 1 rings (SSSR count). The van der Waals surface area contributed by atoms with Crippen molar-refractivity contribution in [1.82, 2.24) is 0 Å². The summed E-state index contributed by atoms with van der Waals surface area (Å²) in [6, 6.07) is 0. The van der Waals surface area contributed by atoms with E-state index in [2.05, 4.69) is 13.8 Å². The third-order valence-corrected chi connectivity index (χ3v) is 2.95. The third kappa shape index (κ3) is 2.14. The minimum Gasteiger partial charge on any atom is -0.373 e. The molecule has 0 N–H and O–H groups in total. The van der Waals surface area contributed by atoms with Crippen molar-refractivity contribution < 1.29 is 4.74 Å². The van der Waals surface area contributed by atoms with E-state index < -0.39 is 0 Å². The lowest BCUT2D eigenvalue weighted by Gasteiger charge is -2.22. The number of halogens is 1. The molecule has 1 unspecified atom stereocenters. The molecular formula is C8H15ClO. The van der Waals surface area contributed by atoms with Crippen LogP contribution in [0.2, 0.25) is 0 Å². The van der Waals surface area contributed by atoms with Crippen LogP contribution in [0.3, 0.4) is 0 Å². The second kappa shape index (κ2) is 3.10. The van der Waals surface area contributed by atoms with Crippen LogP contribution < -0.4 is 0 Å². The van der Waals surface area contributed by atoms with Crippen LogP contribution in [0.15, 0.2) is 0 Å². The Bertz CT molecular complexity index is 106. The summed E-state index contributed by atoms with van der Waals surface area (Å²) in [6.45, 7) is 5.20. The molecule has 2 heteroatoms. The summed E-state index contributed by atoms with van der Waals surface area (Å²) in [4.78, 5) is 0.0150.